The predicted molar refractivity (Wildman–Crippen MR) is 99.8 cm³/mol. The number of methoxy groups -OCH3 is 1. The molecule has 6 nitrogen and oxygen atoms in total. The molecule has 2 fully saturated rings. The molecule has 142 valence electrons. The van der Waals surface area contributed by atoms with Gasteiger partial charge in [-0.3, -0.25) is 14.5 Å². The van der Waals surface area contributed by atoms with Gasteiger partial charge < -0.3 is 15.0 Å². The molecule has 0 unspecified atom stereocenters. The Kier molecular flexibility index (Phi) is 6.14. The Hall–Kier alpha value is -2.08. The van der Waals surface area contributed by atoms with Crippen LogP contribution >= 0.6 is 0 Å². The molecule has 1 aromatic carbocycles. The number of hydrogen-bond donors (Lipinski definition) is 1. The van der Waals surface area contributed by atoms with E-state index in [4.69, 9.17) is 4.74 Å². The first kappa shape index (κ1) is 18.7. The van der Waals surface area contributed by atoms with Crippen LogP contribution in [0.15, 0.2) is 24.3 Å². The number of ether oxygens (including phenoxy) is 1. The van der Waals surface area contributed by atoms with Crippen molar-refractivity contribution in [3.8, 4) is 5.75 Å². The molecule has 2 amide bonds. The number of benzene rings is 1. The van der Waals surface area contributed by atoms with E-state index in [0.717, 1.165) is 50.1 Å². The summed E-state index contributed by atoms with van der Waals surface area (Å²) in [5.74, 6) is 1.43. The number of likely N-dealkylation sites (tertiary alicyclic amines) is 1. The summed E-state index contributed by atoms with van der Waals surface area (Å²) >= 11 is 0. The summed E-state index contributed by atoms with van der Waals surface area (Å²) in [6.45, 7) is 2.75. The van der Waals surface area contributed by atoms with Crippen molar-refractivity contribution in [3.63, 3.8) is 0 Å². The fourth-order valence-corrected chi connectivity index (χ4v) is 3.30. The lowest BCUT2D eigenvalue weighted by molar-refractivity contribution is -0.132. The lowest BCUT2D eigenvalue weighted by Gasteiger charge is -2.33. The van der Waals surface area contributed by atoms with Crippen LogP contribution < -0.4 is 10.1 Å². The van der Waals surface area contributed by atoms with Crippen molar-refractivity contribution >= 4 is 11.8 Å². The summed E-state index contributed by atoms with van der Waals surface area (Å²) in [4.78, 5) is 28.3. The topological polar surface area (TPSA) is 61.9 Å². The lowest BCUT2D eigenvalue weighted by atomic mass is 10.0. The summed E-state index contributed by atoms with van der Waals surface area (Å²) in [6.07, 6.45) is 3.93. The van der Waals surface area contributed by atoms with Crippen molar-refractivity contribution in [2.75, 3.05) is 33.8 Å². The Labute approximate surface area is 155 Å². The van der Waals surface area contributed by atoms with Gasteiger partial charge in [0.25, 0.3) is 0 Å². The molecular weight excluding hydrogens is 330 g/mol. The number of nitrogens with one attached hydrogen (secondary N) is 1. The van der Waals surface area contributed by atoms with E-state index in [1.807, 2.05) is 31.3 Å². The van der Waals surface area contributed by atoms with E-state index in [1.165, 1.54) is 0 Å². The number of rotatable bonds is 7. The number of carbonyl (C=O) groups excluding carboxylic acids is 2. The van der Waals surface area contributed by atoms with Crippen molar-refractivity contribution < 1.29 is 14.3 Å². The third kappa shape index (κ3) is 5.21. The molecule has 0 aromatic heterocycles. The van der Waals surface area contributed by atoms with Gasteiger partial charge in [-0.05, 0) is 43.4 Å². The van der Waals surface area contributed by atoms with Gasteiger partial charge in [-0.1, -0.05) is 12.1 Å². The van der Waals surface area contributed by atoms with E-state index in [-0.39, 0.29) is 23.8 Å². The molecule has 1 aliphatic carbocycles. The van der Waals surface area contributed by atoms with Gasteiger partial charge in [-0.15, -0.1) is 0 Å². The van der Waals surface area contributed by atoms with Gasteiger partial charge in [0.2, 0.25) is 11.8 Å². The minimum Gasteiger partial charge on any atom is -0.497 e. The lowest BCUT2D eigenvalue weighted by Crippen LogP contribution is -2.47. The van der Waals surface area contributed by atoms with Crippen molar-refractivity contribution in [3.05, 3.63) is 29.8 Å². The Balaban J connectivity index is 1.39. The first-order valence-corrected chi connectivity index (χ1v) is 9.45. The van der Waals surface area contributed by atoms with Crippen molar-refractivity contribution in [1.82, 2.24) is 15.1 Å². The van der Waals surface area contributed by atoms with Crippen LogP contribution in [0.5, 0.6) is 5.75 Å². The average Bonchev–Trinajstić information content (AvgIpc) is 3.49. The Morgan fingerprint density at radius 1 is 1.15 bits per heavy atom. The normalized spacial score (nSPS) is 18.4. The predicted octanol–water partition coefficient (Wildman–Crippen LogP) is 1.64. The van der Waals surface area contributed by atoms with E-state index in [9.17, 15) is 9.59 Å². The van der Waals surface area contributed by atoms with Gasteiger partial charge in [0.05, 0.1) is 13.7 Å². The molecule has 6 heteroatoms. The summed E-state index contributed by atoms with van der Waals surface area (Å²) in [7, 11) is 3.49. The number of piperidine rings is 1. The second kappa shape index (κ2) is 8.54. The molecular formula is C20H29N3O3. The van der Waals surface area contributed by atoms with E-state index >= 15 is 0 Å². The zero-order valence-corrected chi connectivity index (χ0v) is 15.7. The maximum Gasteiger partial charge on any atom is 0.236 e. The van der Waals surface area contributed by atoms with E-state index in [2.05, 4.69) is 10.2 Å². The molecule has 1 saturated carbocycles. The molecule has 1 aromatic rings. The minimum absolute atomic E-state index is 0.126. The van der Waals surface area contributed by atoms with Crippen LogP contribution in [0.25, 0.3) is 0 Å². The summed E-state index contributed by atoms with van der Waals surface area (Å²) in [6, 6.07) is 8.06. The second-order valence-corrected chi connectivity index (χ2v) is 7.43. The van der Waals surface area contributed by atoms with E-state index in [1.54, 1.807) is 12.0 Å². The molecule has 26 heavy (non-hydrogen) atoms. The molecule has 2 aliphatic rings. The molecule has 0 radical (unpaired) electrons. The molecule has 0 spiro atoms. The average molecular weight is 359 g/mol. The largest absolute Gasteiger partial charge is 0.497 e. The zero-order valence-electron chi connectivity index (χ0n) is 15.7. The quantitative estimate of drug-likeness (QED) is 0.804. The van der Waals surface area contributed by atoms with Crippen LogP contribution in [-0.2, 0) is 16.1 Å². The van der Waals surface area contributed by atoms with Crippen LogP contribution in [0, 0.1) is 5.92 Å². The highest BCUT2D eigenvalue weighted by atomic mass is 16.5. The fraction of sp³-hybridized carbons (Fsp3) is 0.600. The first-order valence-electron chi connectivity index (χ1n) is 9.45. The molecule has 3 rings (SSSR count). The summed E-state index contributed by atoms with van der Waals surface area (Å²) < 4.78 is 5.16. The third-order valence-corrected chi connectivity index (χ3v) is 5.25. The number of likely N-dealkylation sites (N-methyl/N-ethyl adjacent to an activating group) is 1. The van der Waals surface area contributed by atoms with Crippen LogP contribution in [-0.4, -0.2) is 61.4 Å². The minimum atomic E-state index is 0.126. The maximum absolute atomic E-state index is 12.5. The number of hydrogen-bond acceptors (Lipinski definition) is 4. The van der Waals surface area contributed by atoms with Gasteiger partial charge in [-0.2, -0.15) is 0 Å². The monoisotopic (exact) mass is 359 g/mol. The molecule has 1 saturated heterocycles. The van der Waals surface area contributed by atoms with Crippen LogP contribution in [0.3, 0.4) is 0 Å². The van der Waals surface area contributed by atoms with Gasteiger partial charge in [0.15, 0.2) is 0 Å². The molecule has 1 heterocycles. The van der Waals surface area contributed by atoms with Crippen LogP contribution in [0.2, 0.25) is 0 Å². The van der Waals surface area contributed by atoms with E-state index in [0.29, 0.717) is 13.1 Å². The number of carbonyl (C=O) groups is 2. The second-order valence-electron chi connectivity index (χ2n) is 7.43. The van der Waals surface area contributed by atoms with Gasteiger partial charge >= 0.3 is 0 Å². The van der Waals surface area contributed by atoms with Gasteiger partial charge in [0.1, 0.15) is 5.75 Å². The highest BCUT2D eigenvalue weighted by Gasteiger charge is 2.32. The number of amides is 2. The van der Waals surface area contributed by atoms with Crippen molar-refractivity contribution in [2.24, 2.45) is 5.92 Å². The smallest absolute Gasteiger partial charge is 0.236 e. The highest BCUT2D eigenvalue weighted by molar-refractivity contribution is 5.81. The standard InChI is InChI=1S/C20H29N3O3/c1-22(13-15-3-7-18(26-2)8-4-15)19(24)14-23-11-9-17(10-12-23)21-20(25)16-5-6-16/h3-4,7-8,16-17H,5-6,9-14H2,1-2H3,(H,21,25). The van der Waals surface area contributed by atoms with Gasteiger partial charge in [-0.25, -0.2) is 0 Å². The fourth-order valence-electron chi connectivity index (χ4n) is 3.30. The Morgan fingerprint density at radius 2 is 1.81 bits per heavy atom. The van der Waals surface area contributed by atoms with Crippen LogP contribution in [0.1, 0.15) is 31.2 Å². The SMILES string of the molecule is COc1ccc(CN(C)C(=O)CN2CCC(NC(=O)C3CC3)CC2)cc1. The summed E-state index contributed by atoms with van der Waals surface area (Å²) in [5, 5.41) is 3.15. The molecule has 0 bridgehead atoms. The Morgan fingerprint density at radius 3 is 2.38 bits per heavy atom. The number of nitrogens with zero attached hydrogens (tertiary/aromatic N) is 2. The van der Waals surface area contributed by atoms with Gasteiger partial charge in [0, 0.05) is 38.6 Å². The molecule has 0 atom stereocenters. The van der Waals surface area contributed by atoms with E-state index < -0.39 is 0 Å². The molecule has 1 aliphatic heterocycles. The summed E-state index contributed by atoms with van der Waals surface area (Å²) in [5.41, 5.74) is 1.09. The van der Waals surface area contributed by atoms with Crippen molar-refractivity contribution in [2.45, 2.75) is 38.3 Å². The first-order chi connectivity index (χ1) is 12.5. The Bertz CT molecular complexity index is 620. The van der Waals surface area contributed by atoms with Crippen LogP contribution in [0.4, 0.5) is 0 Å². The maximum atomic E-state index is 12.5. The third-order valence-electron chi connectivity index (χ3n) is 5.25. The van der Waals surface area contributed by atoms with Crippen molar-refractivity contribution in [1.29, 1.82) is 0 Å². The molecule has 1 N–H and O–H groups in total. The highest BCUT2D eigenvalue weighted by Crippen LogP contribution is 2.29. The zero-order chi connectivity index (χ0) is 18.5.